The third-order valence-electron chi connectivity index (χ3n) is 2.21. The first kappa shape index (κ1) is 17.2. The summed E-state index contributed by atoms with van der Waals surface area (Å²) in [6, 6.07) is 9.43. The summed E-state index contributed by atoms with van der Waals surface area (Å²) in [5.41, 5.74) is 0.728. The molecule has 0 aliphatic heterocycles. The highest BCUT2D eigenvalue weighted by Gasteiger charge is 2.21. The van der Waals surface area contributed by atoms with E-state index in [-0.39, 0.29) is 12.0 Å². The van der Waals surface area contributed by atoms with Crippen molar-refractivity contribution in [1.29, 1.82) is 0 Å². The summed E-state index contributed by atoms with van der Waals surface area (Å²) >= 11 is 0.992. The maximum absolute atomic E-state index is 11.7. The molecule has 0 N–H and O–H groups in total. The summed E-state index contributed by atoms with van der Waals surface area (Å²) in [7, 11) is -3.79. The molecule has 0 unspecified atom stereocenters. The largest absolute Gasteiger partial charge is 0.286 e. The van der Waals surface area contributed by atoms with Crippen LogP contribution in [0.15, 0.2) is 30.3 Å². The second-order valence-corrected chi connectivity index (χ2v) is 8.34. The molecule has 0 radical (unpaired) electrons. The number of carbonyl (C=O) groups is 1. The standard InChI is InChI=1S/C14H20O4S2/c1-14(2,3)11-18-20(16,17)10-13(15)19-9-12-7-5-4-6-8-12/h4-8H,9-11H2,1-3H3. The summed E-state index contributed by atoms with van der Waals surface area (Å²) < 4.78 is 28.1. The Kier molecular flexibility index (Phi) is 6.23. The number of hydrogen-bond acceptors (Lipinski definition) is 5. The molecule has 4 nitrogen and oxygen atoms in total. The van der Waals surface area contributed by atoms with E-state index in [0.717, 1.165) is 17.3 Å². The minimum absolute atomic E-state index is 0.0754. The number of carbonyl (C=O) groups excluding carboxylic acids is 1. The maximum atomic E-state index is 11.7. The van der Waals surface area contributed by atoms with E-state index in [1.807, 2.05) is 51.1 Å². The molecule has 0 saturated heterocycles. The van der Waals surface area contributed by atoms with Crippen molar-refractivity contribution in [3.05, 3.63) is 35.9 Å². The van der Waals surface area contributed by atoms with E-state index in [4.69, 9.17) is 4.18 Å². The summed E-state index contributed by atoms with van der Waals surface area (Å²) in [6.45, 7) is 5.68. The van der Waals surface area contributed by atoms with Crippen molar-refractivity contribution < 1.29 is 17.4 Å². The van der Waals surface area contributed by atoms with Crippen LogP contribution in [-0.2, 0) is 24.8 Å². The number of hydrogen-bond donors (Lipinski definition) is 0. The zero-order valence-corrected chi connectivity index (χ0v) is 13.6. The van der Waals surface area contributed by atoms with E-state index in [9.17, 15) is 13.2 Å². The summed E-state index contributed by atoms with van der Waals surface area (Å²) in [5.74, 6) is -0.116. The lowest BCUT2D eigenvalue weighted by molar-refractivity contribution is -0.108. The van der Waals surface area contributed by atoms with Gasteiger partial charge in [-0.2, -0.15) is 8.42 Å². The molecule has 0 fully saturated rings. The molecule has 1 rings (SSSR count). The Morgan fingerprint density at radius 2 is 1.80 bits per heavy atom. The smallest absolute Gasteiger partial charge is 0.275 e. The normalized spacial score (nSPS) is 12.3. The second kappa shape index (κ2) is 7.24. The fourth-order valence-corrected chi connectivity index (χ4v) is 3.42. The van der Waals surface area contributed by atoms with Crippen molar-refractivity contribution in [3.63, 3.8) is 0 Å². The van der Waals surface area contributed by atoms with Crippen molar-refractivity contribution >= 4 is 27.0 Å². The molecule has 20 heavy (non-hydrogen) atoms. The van der Waals surface area contributed by atoms with Gasteiger partial charge in [0.05, 0.1) is 6.61 Å². The lowest BCUT2D eigenvalue weighted by Gasteiger charge is -2.17. The molecule has 0 amide bonds. The summed E-state index contributed by atoms with van der Waals surface area (Å²) in [4.78, 5) is 11.7. The van der Waals surface area contributed by atoms with Crippen LogP contribution in [0.3, 0.4) is 0 Å². The Balaban J connectivity index is 2.41. The van der Waals surface area contributed by atoms with Gasteiger partial charge in [0, 0.05) is 5.75 Å². The molecule has 1 aromatic rings. The van der Waals surface area contributed by atoms with Crippen molar-refractivity contribution in [2.75, 3.05) is 12.4 Å². The molecule has 0 atom stereocenters. The van der Waals surface area contributed by atoms with Crippen LogP contribution in [0.1, 0.15) is 26.3 Å². The van der Waals surface area contributed by atoms with Gasteiger partial charge >= 0.3 is 0 Å². The molecular weight excluding hydrogens is 296 g/mol. The molecule has 112 valence electrons. The molecule has 0 aliphatic rings. The molecule has 0 bridgehead atoms. The van der Waals surface area contributed by atoms with Crippen LogP contribution in [0.2, 0.25) is 0 Å². The summed E-state index contributed by atoms with van der Waals surface area (Å²) in [5, 5.41) is -0.400. The van der Waals surface area contributed by atoms with E-state index in [1.54, 1.807) is 0 Å². The minimum atomic E-state index is -3.79. The molecule has 1 aromatic carbocycles. The molecule has 0 aromatic heterocycles. The highest BCUT2D eigenvalue weighted by Crippen LogP contribution is 2.17. The molecule has 6 heteroatoms. The van der Waals surface area contributed by atoms with Gasteiger partial charge in [0.1, 0.15) is 5.75 Å². The topological polar surface area (TPSA) is 60.4 Å². The quantitative estimate of drug-likeness (QED) is 0.755. The number of thioether (sulfide) groups is 1. The SMILES string of the molecule is CC(C)(C)COS(=O)(=O)CC(=O)SCc1ccccc1. The Bertz CT molecular complexity index is 530. The Hall–Kier alpha value is -0.850. The second-order valence-electron chi connectivity index (χ2n) is 5.67. The lowest BCUT2D eigenvalue weighted by atomic mass is 9.99. The monoisotopic (exact) mass is 316 g/mol. The van der Waals surface area contributed by atoms with Gasteiger partial charge in [0.2, 0.25) is 5.12 Å². The fraction of sp³-hybridized carbons (Fsp3) is 0.500. The van der Waals surface area contributed by atoms with Crippen LogP contribution in [0.4, 0.5) is 0 Å². The van der Waals surface area contributed by atoms with E-state index < -0.39 is 21.0 Å². The first-order valence-corrected chi connectivity index (χ1v) is 8.81. The van der Waals surface area contributed by atoms with E-state index in [0.29, 0.717) is 5.75 Å². The van der Waals surface area contributed by atoms with Crippen LogP contribution in [0, 0.1) is 5.41 Å². The highest BCUT2D eigenvalue weighted by molar-refractivity contribution is 8.14. The molecule has 0 heterocycles. The van der Waals surface area contributed by atoms with E-state index in [2.05, 4.69) is 0 Å². The predicted molar refractivity (Wildman–Crippen MR) is 81.9 cm³/mol. The van der Waals surface area contributed by atoms with Gasteiger partial charge in [0.25, 0.3) is 10.1 Å². The van der Waals surface area contributed by atoms with Gasteiger partial charge in [-0.1, -0.05) is 62.9 Å². The fourth-order valence-electron chi connectivity index (χ4n) is 1.23. The van der Waals surface area contributed by atoms with E-state index >= 15 is 0 Å². The van der Waals surface area contributed by atoms with E-state index in [1.165, 1.54) is 0 Å². The molecular formula is C14H20O4S2. The third kappa shape index (κ3) is 7.67. The zero-order chi connectivity index (χ0) is 15.2. The number of rotatable bonds is 6. The first-order valence-electron chi connectivity index (χ1n) is 6.25. The lowest BCUT2D eigenvalue weighted by Crippen LogP contribution is -2.22. The van der Waals surface area contributed by atoms with Crippen LogP contribution in [0.25, 0.3) is 0 Å². The number of benzene rings is 1. The molecule has 0 aliphatic carbocycles. The average molecular weight is 316 g/mol. The maximum Gasteiger partial charge on any atom is 0.275 e. The average Bonchev–Trinajstić information content (AvgIpc) is 2.34. The molecule has 0 saturated carbocycles. The van der Waals surface area contributed by atoms with Gasteiger partial charge < -0.3 is 0 Å². The molecule has 0 spiro atoms. The van der Waals surface area contributed by atoms with Gasteiger partial charge in [-0.25, -0.2) is 0 Å². The Morgan fingerprint density at radius 3 is 2.35 bits per heavy atom. The zero-order valence-electron chi connectivity index (χ0n) is 12.0. The predicted octanol–water partition coefficient (Wildman–Crippen LogP) is 2.84. The van der Waals surface area contributed by atoms with Crippen LogP contribution < -0.4 is 0 Å². The van der Waals surface area contributed by atoms with Crippen molar-refractivity contribution in [2.24, 2.45) is 5.41 Å². The van der Waals surface area contributed by atoms with Gasteiger partial charge in [-0.05, 0) is 11.0 Å². The highest BCUT2D eigenvalue weighted by atomic mass is 32.2. The summed E-state index contributed by atoms with van der Waals surface area (Å²) in [6.07, 6.45) is 0. The minimum Gasteiger partial charge on any atom is -0.286 e. The third-order valence-corrected chi connectivity index (χ3v) is 4.43. The van der Waals surface area contributed by atoms with Crippen molar-refractivity contribution in [2.45, 2.75) is 26.5 Å². The van der Waals surface area contributed by atoms with Gasteiger partial charge in [-0.3, -0.25) is 8.98 Å². The van der Waals surface area contributed by atoms with Crippen molar-refractivity contribution in [1.82, 2.24) is 0 Å². The van der Waals surface area contributed by atoms with Crippen LogP contribution >= 0.6 is 11.8 Å². The van der Waals surface area contributed by atoms with Gasteiger partial charge in [-0.15, -0.1) is 0 Å². The Morgan fingerprint density at radius 1 is 1.20 bits per heavy atom. The first-order chi connectivity index (χ1) is 9.18. The van der Waals surface area contributed by atoms with Crippen LogP contribution in [-0.4, -0.2) is 25.9 Å². The van der Waals surface area contributed by atoms with Gasteiger partial charge in [0.15, 0.2) is 0 Å². The van der Waals surface area contributed by atoms with Crippen LogP contribution in [0.5, 0.6) is 0 Å². The van der Waals surface area contributed by atoms with Crippen molar-refractivity contribution in [3.8, 4) is 0 Å². The Labute approximate surface area is 125 Å².